The second-order valence-electron chi connectivity index (χ2n) is 11.8. The van der Waals surface area contributed by atoms with Crippen LogP contribution in [0.2, 0.25) is 0 Å². The van der Waals surface area contributed by atoms with Crippen molar-refractivity contribution in [2.45, 2.75) is 19.3 Å². The molecule has 6 heteroatoms. The highest BCUT2D eigenvalue weighted by Gasteiger charge is 2.36. The van der Waals surface area contributed by atoms with E-state index in [1.165, 1.54) is 43.1 Å². The smallest absolute Gasteiger partial charge is 0.335 e. The zero-order chi connectivity index (χ0) is 32.7. The first-order chi connectivity index (χ1) is 22.7. The van der Waals surface area contributed by atoms with Crippen LogP contribution in [0.15, 0.2) is 135 Å². The van der Waals surface area contributed by atoms with E-state index in [4.69, 9.17) is 9.47 Å². The number of hydrogen-bond acceptors (Lipinski definition) is 6. The highest BCUT2D eigenvalue weighted by atomic mass is 32.1. The van der Waals surface area contributed by atoms with E-state index in [0.29, 0.717) is 11.5 Å². The lowest BCUT2D eigenvalue weighted by atomic mass is 9.81. The van der Waals surface area contributed by atoms with E-state index in [1.807, 2.05) is 24.3 Å². The molecule has 0 N–H and O–H groups in total. The largest absolute Gasteiger partial charge is 0.423 e. The summed E-state index contributed by atoms with van der Waals surface area (Å²) in [5, 5.41) is 0. The van der Waals surface area contributed by atoms with Crippen LogP contribution < -0.4 is 9.47 Å². The number of ether oxygens (including phenoxy) is 2. The molecule has 4 aromatic carbocycles. The summed E-state index contributed by atoms with van der Waals surface area (Å²) in [4.78, 5) is 27.7. The molecule has 0 saturated carbocycles. The van der Waals surface area contributed by atoms with Crippen LogP contribution in [0, 0.1) is 0 Å². The number of thiophene rings is 2. The van der Waals surface area contributed by atoms with Gasteiger partial charge in [-0.05, 0) is 129 Å². The van der Waals surface area contributed by atoms with Gasteiger partial charge in [-0.15, -0.1) is 22.7 Å². The Morgan fingerprint density at radius 2 is 0.872 bits per heavy atom. The maximum absolute atomic E-state index is 11.5. The van der Waals surface area contributed by atoms with E-state index in [1.54, 1.807) is 46.9 Å². The van der Waals surface area contributed by atoms with Crippen molar-refractivity contribution in [2.24, 2.45) is 0 Å². The van der Waals surface area contributed by atoms with E-state index in [-0.39, 0.29) is 5.41 Å². The molecule has 0 atom stereocenters. The Morgan fingerprint density at radius 1 is 0.532 bits per heavy atom. The van der Waals surface area contributed by atoms with Crippen LogP contribution in [-0.4, -0.2) is 11.9 Å². The minimum absolute atomic E-state index is 0.158. The molecule has 47 heavy (non-hydrogen) atoms. The van der Waals surface area contributed by atoms with Crippen LogP contribution in [0.1, 0.15) is 25.0 Å². The van der Waals surface area contributed by atoms with Crippen LogP contribution in [0.4, 0.5) is 0 Å². The second kappa shape index (κ2) is 12.1. The molecule has 0 spiro atoms. The monoisotopic (exact) mass is 650 g/mol. The van der Waals surface area contributed by atoms with Gasteiger partial charge >= 0.3 is 11.9 Å². The average molecular weight is 651 g/mol. The highest BCUT2D eigenvalue weighted by Crippen LogP contribution is 2.51. The summed E-state index contributed by atoms with van der Waals surface area (Å²) in [6.07, 6.45) is 2.31. The van der Waals surface area contributed by atoms with Crippen molar-refractivity contribution in [1.29, 1.82) is 0 Å². The van der Waals surface area contributed by atoms with Gasteiger partial charge in [0, 0.05) is 37.1 Å². The van der Waals surface area contributed by atoms with Crippen molar-refractivity contribution in [3.63, 3.8) is 0 Å². The highest BCUT2D eigenvalue weighted by molar-refractivity contribution is 7.19. The van der Waals surface area contributed by atoms with Gasteiger partial charge in [0.2, 0.25) is 0 Å². The first kappa shape index (κ1) is 30.4. The Hall–Kier alpha value is -5.30. The maximum atomic E-state index is 11.5. The van der Waals surface area contributed by atoms with Gasteiger partial charge in [-0.3, -0.25) is 0 Å². The molecule has 1 aliphatic rings. The summed E-state index contributed by atoms with van der Waals surface area (Å²) in [6, 6.07) is 37.4. The summed E-state index contributed by atoms with van der Waals surface area (Å²) >= 11 is 3.50. The van der Waals surface area contributed by atoms with Crippen molar-refractivity contribution < 1.29 is 19.1 Å². The first-order valence-corrected chi connectivity index (χ1v) is 16.8. The molecule has 0 aliphatic heterocycles. The van der Waals surface area contributed by atoms with Gasteiger partial charge in [0.25, 0.3) is 0 Å². The molecule has 0 unspecified atom stereocenters. The molecule has 4 nitrogen and oxygen atoms in total. The molecule has 0 saturated heterocycles. The van der Waals surface area contributed by atoms with E-state index in [9.17, 15) is 9.59 Å². The van der Waals surface area contributed by atoms with Gasteiger partial charge in [0.05, 0.1) is 0 Å². The maximum Gasteiger partial charge on any atom is 0.335 e. The fourth-order valence-electron chi connectivity index (χ4n) is 6.03. The van der Waals surface area contributed by atoms with Crippen LogP contribution in [-0.2, 0) is 15.0 Å². The third-order valence-electron chi connectivity index (χ3n) is 8.50. The van der Waals surface area contributed by atoms with E-state index >= 15 is 0 Å². The molecule has 1 aliphatic carbocycles. The molecule has 0 radical (unpaired) electrons. The second-order valence-corrected chi connectivity index (χ2v) is 13.9. The molecular formula is C41H30O4S2. The molecule has 6 aromatic rings. The molecule has 2 heterocycles. The number of carbonyl (C=O) groups is 2. The first-order valence-electron chi connectivity index (χ1n) is 15.1. The van der Waals surface area contributed by atoms with Crippen LogP contribution in [0.25, 0.3) is 52.9 Å². The zero-order valence-corrected chi connectivity index (χ0v) is 27.5. The van der Waals surface area contributed by atoms with Gasteiger partial charge in [-0.1, -0.05) is 51.3 Å². The zero-order valence-electron chi connectivity index (χ0n) is 25.9. The lowest BCUT2D eigenvalue weighted by molar-refractivity contribution is -0.129. The van der Waals surface area contributed by atoms with E-state index in [2.05, 4.69) is 87.7 Å². The summed E-state index contributed by atoms with van der Waals surface area (Å²) in [6.45, 7) is 11.5. The molecule has 7 rings (SSSR count). The predicted molar refractivity (Wildman–Crippen MR) is 193 cm³/mol. The quantitative estimate of drug-likeness (QED) is 0.0934. The number of rotatable bonds is 8. The summed E-state index contributed by atoms with van der Waals surface area (Å²) in [5.41, 5.74) is 9.61. The lowest BCUT2D eigenvalue weighted by Gasteiger charge is -2.22. The normalized spacial score (nSPS) is 12.6. The van der Waals surface area contributed by atoms with Crippen molar-refractivity contribution in [3.05, 3.63) is 146 Å². The number of benzene rings is 4. The molecule has 2 aromatic heterocycles. The topological polar surface area (TPSA) is 52.6 Å². The minimum Gasteiger partial charge on any atom is -0.423 e. The summed E-state index contributed by atoms with van der Waals surface area (Å²) < 4.78 is 10.4. The molecule has 0 bridgehead atoms. The van der Waals surface area contributed by atoms with Crippen molar-refractivity contribution in [3.8, 4) is 64.4 Å². The Balaban J connectivity index is 1.12. The summed E-state index contributed by atoms with van der Waals surface area (Å²) in [7, 11) is 0. The van der Waals surface area contributed by atoms with Crippen molar-refractivity contribution in [1.82, 2.24) is 0 Å². The molecular weight excluding hydrogens is 621 g/mol. The average Bonchev–Trinajstić information content (AvgIpc) is 3.84. The third kappa shape index (κ3) is 5.78. The molecule has 230 valence electrons. The van der Waals surface area contributed by atoms with Gasteiger partial charge in [0.15, 0.2) is 0 Å². The third-order valence-corrected chi connectivity index (χ3v) is 10.9. The molecule has 0 fully saturated rings. The van der Waals surface area contributed by atoms with Gasteiger partial charge < -0.3 is 9.47 Å². The predicted octanol–water partition coefficient (Wildman–Crippen LogP) is 11.0. The van der Waals surface area contributed by atoms with Crippen LogP contribution in [0.3, 0.4) is 0 Å². The van der Waals surface area contributed by atoms with E-state index in [0.717, 1.165) is 33.0 Å². The number of esters is 2. The standard InChI is InChI=1S/C41H30O4S2/c1-5-39(42)44-29-13-7-25(8-14-29)35-19-21-37(46-35)27-11-17-31-32-18-12-28(24-34(32)41(3,4)33(31)23-27)38-22-20-36(47-38)26-9-15-30(16-10-26)45-40(43)6-2/h5-24H,1-2H2,3-4H3. The Bertz CT molecular complexity index is 2020. The van der Waals surface area contributed by atoms with Crippen LogP contribution in [0.5, 0.6) is 11.5 Å². The fraction of sp³-hybridized carbons (Fsp3) is 0.0732. The SMILES string of the molecule is C=CC(=O)Oc1ccc(-c2ccc(-c3ccc4c(c3)C(C)(C)c3cc(-c5ccc(-c6ccc(OC(=O)C=C)cc6)s5)ccc3-4)s2)cc1. The van der Waals surface area contributed by atoms with Crippen molar-refractivity contribution in [2.75, 3.05) is 0 Å². The van der Waals surface area contributed by atoms with Gasteiger partial charge in [-0.25, -0.2) is 9.59 Å². The minimum atomic E-state index is -0.469. The Labute approximate surface area is 281 Å². The van der Waals surface area contributed by atoms with Crippen LogP contribution >= 0.6 is 22.7 Å². The number of carbonyl (C=O) groups excluding carboxylic acids is 2. The number of hydrogen-bond donors (Lipinski definition) is 0. The molecule has 0 amide bonds. The Kier molecular flexibility index (Phi) is 7.84. The Morgan fingerprint density at radius 3 is 1.23 bits per heavy atom. The number of fused-ring (bicyclic) bond motifs is 3. The van der Waals surface area contributed by atoms with Gasteiger partial charge in [-0.2, -0.15) is 0 Å². The van der Waals surface area contributed by atoms with E-state index < -0.39 is 11.9 Å². The lowest BCUT2D eigenvalue weighted by Crippen LogP contribution is -2.15. The summed E-state index contributed by atoms with van der Waals surface area (Å²) in [5.74, 6) is 0.0602. The van der Waals surface area contributed by atoms with Crippen molar-refractivity contribution >= 4 is 34.6 Å². The fourth-order valence-corrected chi connectivity index (χ4v) is 8.05. The van der Waals surface area contributed by atoms with Gasteiger partial charge in [0.1, 0.15) is 11.5 Å².